The molecule has 0 aromatic heterocycles. The highest BCUT2D eigenvalue weighted by Gasteiger charge is 2.17. The molecule has 0 spiro atoms. The van der Waals surface area contributed by atoms with Crippen LogP contribution in [0.1, 0.15) is 10.4 Å². The zero-order chi connectivity index (χ0) is 20.7. The highest BCUT2D eigenvalue weighted by atomic mass is 35.5. The molecular formula is C17H13ClFN3O6. The normalized spacial score (nSPS) is 10.1. The van der Waals surface area contributed by atoms with Gasteiger partial charge in [-0.15, -0.1) is 0 Å². The van der Waals surface area contributed by atoms with Gasteiger partial charge in [0.2, 0.25) is 0 Å². The van der Waals surface area contributed by atoms with Crippen molar-refractivity contribution in [1.82, 2.24) is 5.32 Å². The lowest BCUT2D eigenvalue weighted by molar-refractivity contribution is -0.383. The van der Waals surface area contributed by atoms with Crippen molar-refractivity contribution in [3.8, 4) is 0 Å². The third kappa shape index (κ3) is 6.02. The van der Waals surface area contributed by atoms with E-state index in [2.05, 4.69) is 15.4 Å². The number of nitro benzene ring substituents is 1. The van der Waals surface area contributed by atoms with E-state index in [1.54, 1.807) is 0 Å². The number of amides is 2. The number of halogens is 2. The molecule has 2 aromatic carbocycles. The topological polar surface area (TPSA) is 128 Å². The molecule has 0 fully saturated rings. The van der Waals surface area contributed by atoms with Crippen molar-refractivity contribution in [3.05, 3.63) is 69.0 Å². The van der Waals surface area contributed by atoms with E-state index in [4.69, 9.17) is 11.6 Å². The summed E-state index contributed by atoms with van der Waals surface area (Å²) in [5.74, 6) is -3.08. The van der Waals surface area contributed by atoms with Crippen LogP contribution >= 0.6 is 11.6 Å². The predicted octanol–water partition coefficient (Wildman–Crippen LogP) is 2.30. The Balaban J connectivity index is 1.83. The summed E-state index contributed by atoms with van der Waals surface area (Å²) in [5.41, 5.74) is -0.525. The molecule has 0 aliphatic heterocycles. The average Bonchev–Trinajstić information content (AvgIpc) is 2.64. The molecule has 146 valence electrons. The zero-order valence-electron chi connectivity index (χ0n) is 14.1. The number of esters is 1. The van der Waals surface area contributed by atoms with Gasteiger partial charge in [-0.2, -0.15) is 0 Å². The minimum Gasteiger partial charge on any atom is -0.454 e. The van der Waals surface area contributed by atoms with Crippen LogP contribution in [0.3, 0.4) is 0 Å². The molecule has 0 radical (unpaired) electrons. The maximum absolute atomic E-state index is 13.1. The van der Waals surface area contributed by atoms with Crippen molar-refractivity contribution >= 4 is 40.8 Å². The minimum atomic E-state index is -0.930. The first-order valence-corrected chi connectivity index (χ1v) is 8.07. The van der Waals surface area contributed by atoms with Gasteiger partial charge in [0.05, 0.1) is 4.92 Å². The van der Waals surface area contributed by atoms with Crippen LogP contribution in [0.2, 0.25) is 5.02 Å². The molecule has 11 heteroatoms. The lowest BCUT2D eigenvalue weighted by Crippen LogP contribution is -2.32. The Bertz CT molecular complexity index is 937. The SMILES string of the molecule is O=C(COC(=O)CNC(=O)c1cccc(F)c1)Nc1cc(Cl)ccc1[N+](=O)[O-]. The van der Waals surface area contributed by atoms with Crippen molar-refractivity contribution in [3.63, 3.8) is 0 Å². The molecule has 0 aliphatic carbocycles. The van der Waals surface area contributed by atoms with E-state index >= 15 is 0 Å². The molecular weight excluding hydrogens is 397 g/mol. The number of hydrogen-bond acceptors (Lipinski definition) is 6. The number of nitrogens with one attached hydrogen (secondary N) is 2. The molecule has 2 aromatic rings. The first-order chi connectivity index (χ1) is 13.3. The monoisotopic (exact) mass is 409 g/mol. The van der Waals surface area contributed by atoms with E-state index in [1.807, 2.05) is 0 Å². The number of rotatable bonds is 7. The Morgan fingerprint density at radius 1 is 1.18 bits per heavy atom. The van der Waals surface area contributed by atoms with Crippen LogP contribution in [0.25, 0.3) is 0 Å². The molecule has 2 amide bonds. The molecule has 2 N–H and O–H groups in total. The summed E-state index contributed by atoms with van der Waals surface area (Å²) in [6.07, 6.45) is 0. The fourth-order valence-electron chi connectivity index (χ4n) is 2.04. The Morgan fingerprint density at radius 3 is 2.61 bits per heavy atom. The maximum atomic E-state index is 13.1. The van der Waals surface area contributed by atoms with Crippen LogP contribution in [0, 0.1) is 15.9 Å². The maximum Gasteiger partial charge on any atom is 0.325 e. The molecule has 0 atom stereocenters. The largest absolute Gasteiger partial charge is 0.454 e. The number of nitro groups is 1. The second kappa shape index (κ2) is 9.42. The Kier molecular flexibility index (Phi) is 6.99. The van der Waals surface area contributed by atoms with Crippen LogP contribution in [0.15, 0.2) is 42.5 Å². The van der Waals surface area contributed by atoms with E-state index in [0.29, 0.717) is 0 Å². The lowest BCUT2D eigenvalue weighted by atomic mass is 10.2. The van der Waals surface area contributed by atoms with Gasteiger partial charge in [-0.1, -0.05) is 17.7 Å². The van der Waals surface area contributed by atoms with Crippen LogP contribution in [-0.2, 0) is 14.3 Å². The Hall–Kier alpha value is -3.53. The van der Waals surface area contributed by atoms with Gasteiger partial charge in [-0.05, 0) is 30.3 Å². The molecule has 0 unspecified atom stereocenters. The molecule has 28 heavy (non-hydrogen) atoms. The number of ether oxygens (including phenoxy) is 1. The number of carbonyl (C=O) groups is 3. The summed E-state index contributed by atoms with van der Waals surface area (Å²) in [5, 5.41) is 15.5. The van der Waals surface area contributed by atoms with Gasteiger partial charge in [0.25, 0.3) is 17.5 Å². The van der Waals surface area contributed by atoms with Gasteiger partial charge in [0.15, 0.2) is 6.61 Å². The predicted molar refractivity (Wildman–Crippen MR) is 96.4 cm³/mol. The minimum absolute atomic E-state index is 0.0128. The molecule has 0 aliphatic rings. The van der Waals surface area contributed by atoms with E-state index < -0.39 is 41.7 Å². The first-order valence-electron chi connectivity index (χ1n) is 7.69. The van der Waals surface area contributed by atoms with E-state index in [-0.39, 0.29) is 22.0 Å². The molecule has 2 rings (SSSR count). The van der Waals surface area contributed by atoms with Gasteiger partial charge in [0.1, 0.15) is 18.0 Å². The van der Waals surface area contributed by atoms with Gasteiger partial charge < -0.3 is 15.4 Å². The number of carbonyl (C=O) groups excluding carboxylic acids is 3. The van der Waals surface area contributed by atoms with Crippen LogP contribution in [0.5, 0.6) is 0 Å². The summed E-state index contributed by atoms with van der Waals surface area (Å²) in [7, 11) is 0. The number of nitrogens with zero attached hydrogens (tertiary/aromatic N) is 1. The average molecular weight is 410 g/mol. The van der Waals surface area contributed by atoms with Gasteiger partial charge in [-0.25, -0.2) is 4.39 Å². The molecule has 9 nitrogen and oxygen atoms in total. The van der Waals surface area contributed by atoms with E-state index in [0.717, 1.165) is 18.2 Å². The Labute approximate surface area is 162 Å². The number of benzene rings is 2. The summed E-state index contributed by atoms with van der Waals surface area (Å²) < 4.78 is 17.7. The van der Waals surface area contributed by atoms with Gasteiger partial charge in [-0.3, -0.25) is 24.5 Å². The summed E-state index contributed by atoms with van der Waals surface area (Å²) in [4.78, 5) is 45.4. The van der Waals surface area contributed by atoms with Crippen molar-refractivity contribution in [2.45, 2.75) is 0 Å². The fourth-order valence-corrected chi connectivity index (χ4v) is 2.21. The summed E-state index contributed by atoms with van der Waals surface area (Å²) >= 11 is 5.74. The van der Waals surface area contributed by atoms with Crippen molar-refractivity contribution in [2.24, 2.45) is 0 Å². The second-order valence-corrected chi connectivity index (χ2v) is 5.76. The van der Waals surface area contributed by atoms with Gasteiger partial charge in [0, 0.05) is 16.7 Å². The summed E-state index contributed by atoms with van der Waals surface area (Å²) in [6, 6.07) is 8.43. The zero-order valence-corrected chi connectivity index (χ0v) is 14.9. The van der Waals surface area contributed by atoms with Crippen molar-refractivity contribution < 1.29 is 28.4 Å². The standard InChI is InChI=1S/C17H13ClFN3O6/c18-11-4-5-14(22(26)27)13(7-11)21-15(23)9-28-16(24)8-20-17(25)10-2-1-3-12(19)6-10/h1-7H,8-9H2,(H,20,25)(H,21,23). The number of hydrogen-bond donors (Lipinski definition) is 2. The quantitative estimate of drug-likeness (QED) is 0.410. The highest BCUT2D eigenvalue weighted by molar-refractivity contribution is 6.31. The smallest absolute Gasteiger partial charge is 0.325 e. The van der Waals surface area contributed by atoms with Crippen LogP contribution in [-0.4, -0.2) is 35.9 Å². The first kappa shape index (κ1) is 20.8. The third-order valence-corrected chi connectivity index (χ3v) is 3.51. The Morgan fingerprint density at radius 2 is 1.93 bits per heavy atom. The second-order valence-electron chi connectivity index (χ2n) is 5.32. The molecule has 0 bridgehead atoms. The molecule has 0 saturated carbocycles. The van der Waals surface area contributed by atoms with Gasteiger partial charge >= 0.3 is 5.97 Å². The molecule has 0 heterocycles. The van der Waals surface area contributed by atoms with Crippen molar-refractivity contribution in [1.29, 1.82) is 0 Å². The number of anilines is 1. The van der Waals surface area contributed by atoms with Crippen molar-refractivity contribution in [2.75, 3.05) is 18.5 Å². The molecule has 0 saturated heterocycles. The highest BCUT2D eigenvalue weighted by Crippen LogP contribution is 2.27. The summed E-state index contributed by atoms with van der Waals surface area (Å²) in [6.45, 7) is -1.29. The third-order valence-electron chi connectivity index (χ3n) is 3.27. The van der Waals surface area contributed by atoms with Crippen LogP contribution < -0.4 is 10.6 Å². The lowest BCUT2D eigenvalue weighted by Gasteiger charge is -2.08. The fraction of sp³-hybridized carbons (Fsp3) is 0.118. The van der Waals surface area contributed by atoms with E-state index in [1.165, 1.54) is 24.3 Å². The van der Waals surface area contributed by atoms with E-state index in [9.17, 15) is 28.9 Å². The van der Waals surface area contributed by atoms with Crippen LogP contribution in [0.4, 0.5) is 15.8 Å².